The van der Waals surface area contributed by atoms with E-state index in [4.69, 9.17) is 0 Å². The Morgan fingerprint density at radius 3 is 2.95 bits per heavy atom. The van der Waals surface area contributed by atoms with Crippen molar-refractivity contribution in [3.63, 3.8) is 0 Å². The van der Waals surface area contributed by atoms with E-state index in [2.05, 4.69) is 48.8 Å². The van der Waals surface area contributed by atoms with Crippen molar-refractivity contribution in [3.8, 4) is 0 Å². The van der Waals surface area contributed by atoms with Gasteiger partial charge in [0.05, 0.1) is 0 Å². The molecule has 0 spiro atoms. The summed E-state index contributed by atoms with van der Waals surface area (Å²) in [6.45, 7) is 5.34. The van der Waals surface area contributed by atoms with Gasteiger partial charge in [0.2, 0.25) is 0 Å². The Bertz CT molecular complexity index is 570. The van der Waals surface area contributed by atoms with Crippen LogP contribution in [0.25, 0.3) is 0 Å². The minimum atomic E-state index is 0.552. The predicted octanol–water partition coefficient (Wildman–Crippen LogP) is 4.53. The van der Waals surface area contributed by atoms with E-state index in [1.165, 1.54) is 36.0 Å². The normalized spacial score (nSPS) is 18.3. The van der Waals surface area contributed by atoms with Gasteiger partial charge in [-0.2, -0.15) is 0 Å². The van der Waals surface area contributed by atoms with Crippen molar-refractivity contribution >= 4 is 11.3 Å². The fraction of sp³-hybridized carbons (Fsp3) is 0.412. The molecule has 1 aliphatic carbocycles. The summed E-state index contributed by atoms with van der Waals surface area (Å²) in [5.41, 5.74) is 5.70. The lowest BCUT2D eigenvalue weighted by Crippen LogP contribution is -2.23. The molecule has 0 saturated heterocycles. The minimum Gasteiger partial charge on any atom is -0.306 e. The standard InChI is InChI=1S/C17H21NS/c1-12-6-7-14(10-13(12)2)11-18-16-4-3-5-17-15(16)8-9-19-17/h6-10,16,18H,3-5,11H2,1-2H3. The maximum atomic E-state index is 3.73. The molecule has 1 aromatic carbocycles. The molecule has 0 amide bonds. The lowest BCUT2D eigenvalue weighted by molar-refractivity contribution is 0.463. The molecule has 0 fully saturated rings. The molecule has 3 rings (SSSR count). The fourth-order valence-corrected chi connectivity index (χ4v) is 3.84. The molecule has 2 aromatic rings. The molecule has 0 aliphatic heterocycles. The van der Waals surface area contributed by atoms with E-state index >= 15 is 0 Å². The first-order chi connectivity index (χ1) is 9.24. The van der Waals surface area contributed by atoms with Crippen LogP contribution >= 0.6 is 11.3 Å². The number of rotatable bonds is 3. The van der Waals surface area contributed by atoms with Gasteiger partial charge in [-0.3, -0.25) is 0 Å². The zero-order valence-corrected chi connectivity index (χ0v) is 12.5. The summed E-state index contributed by atoms with van der Waals surface area (Å²) in [6.07, 6.45) is 3.86. The van der Waals surface area contributed by atoms with E-state index in [0.29, 0.717) is 6.04 Å². The zero-order chi connectivity index (χ0) is 13.2. The highest BCUT2D eigenvalue weighted by molar-refractivity contribution is 7.10. The second-order valence-corrected chi connectivity index (χ2v) is 6.54. The van der Waals surface area contributed by atoms with Crippen molar-refractivity contribution in [3.05, 3.63) is 56.8 Å². The molecule has 1 heterocycles. The molecule has 100 valence electrons. The first-order valence-electron chi connectivity index (χ1n) is 7.10. The molecule has 1 aromatic heterocycles. The van der Waals surface area contributed by atoms with Crippen LogP contribution in [-0.4, -0.2) is 0 Å². The third-order valence-electron chi connectivity index (χ3n) is 4.18. The van der Waals surface area contributed by atoms with E-state index < -0.39 is 0 Å². The first-order valence-corrected chi connectivity index (χ1v) is 7.98. The summed E-state index contributed by atoms with van der Waals surface area (Å²) in [5.74, 6) is 0. The summed E-state index contributed by atoms with van der Waals surface area (Å²) in [5, 5.41) is 5.97. The van der Waals surface area contributed by atoms with Crippen LogP contribution in [0, 0.1) is 13.8 Å². The van der Waals surface area contributed by atoms with Crippen molar-refractivity contribution < 1.29 is 0 Å². The maximum absolute atomic E-state index is 3.73. The van der Waals surface area contributed by atoms with E-state index in [1.807, 2.05) is 11.3 Å². The molecule has 1 nitrogen and oxygen atoms in total. The van der Waals surface area contributed by atoms with Crippen molar-refractivity contribution in [1.82, 2.24) is 5.32 Å². The van der Waals surface area contributed by atoms with Crippen LogP contribution in [-0.2, 0) is 13.0 Å². The van der Waals surface area contributed by atoms with Crippen LogP contribution in [0.3, 0.4) is 0 Å². The Kier molecular flexibility index (Phi) is 3.72. The Morgan fingerprint density at radius 1 is 1.21 bits per heavy atom. The number of thiophene rings is 1. The molecule has 19 heavy (non-hydrogen) atoms. The summed E-state index contributed by atoms with van der Waals surface area (Å²) in [7, 11) is 0. The third-order valence-corrected chi connectivity index (χ3v) is 5.17. The van der Waals surface area contributed by atoms with Gasteiger partial charge in [-0.15, -0.1) is 11.3 Å². The molecule has 0 saturated carbocycles. The van der Waals surface area contributed by atoms with Crippen molar-refractivity contribution in [2.24, 2.45) is 0 Å². The minimum absolute atomic E-state index is 0.552. The SMILES string of the molecule is Cc1ccc(CNC2CCCc3sccc32)cc1C. The van der Waals surface area contributed by atoms with Crippen LogP contribution in [0.1, 0.15) is 46.0 Å². The lowest BCUT2D eigenvalue weighted by Gasteiger charge is -2.24. The van der Waals surface area contributed by atoms with E-state index in [-0.39, 0.29) is 0 Å². The van der Waals surface area contributed by atoms with Crippen molar-refractivity contribution in [2.45, 2.75) is 45.7 Å². The summed E-state index contributed by atoms with van der Waals surface area (Å²) in [6, 6.07) is 9.63. The van der Waals surface area contributed by atoms with Gasteiger partial charge >= 0.3 is 0 Å². The molecule has 0 bridgehead atoms. The Labute approximate surface area is 119 Å². The van der Waals surface area contributed by atoms with Gasteiger partial charge in [-0.25, -0.2) is 0 Å². The molecular formula is C17H21NS. The van der Waals surface area contributed by atoms with Crippen LogP contribution in [0.5, 0.6) is 0 Å². The van der Waals surface area contributed by atoms with Gasteiger partial charge in [0, 0.05) is 17.5 Å². The monoisotopic (exact) mass is 271 g/mol. The Balaban J connectivity index is 1.69. The maximum Gasteiger partial charge on any atom is 0.0334 e. The van der Waals surface area contributed by atoms with Gasteiger partial charge in [0.25, 0.3) is 0 Å². The second kappa shape index (κ2) is 5.48. The molecular weight excluding hydrogens is 250 g/mol. The zero-order valence-electron chi connectivity index (χ0n) is 11.7. The quantitative estimate of drug-likeness (QED) is 0.864. The molecule has 1 N–H and O–H groups in total. The number of hydrogen-bond donors (Lipinski definition) is 1. The fourth-order valence-electron chi connectivity index (χ4n) is 2.85. The van der Waals surface area contributed by atoms with Gasteiger partial charge in [0.15, 0.2) is 0 Å². The Hall–Kier alpha value is -1.12. The predicted molar refractivity (Wildman–Crippen MR) is 82.8 cm³/mol. The van der Waals surface area contributed by atoms with Gasteiger partial charge in [-0.1, -0.05) is 18.2 Å². The molecule has 2 heteroatoms. The van der Waals surface area contributed by atoms with Gasteiger partial charge < -0.3 is 5.32 Å². The van der Waals surface area contributed by atoms with Crippen LogP contribution in [0.2, 0.25) is 0 Å². The van der Waals surface area contributed by atoms with Gasteiger partial charge in [0.1, 0.15) is 0 Å². The molecule has 1 atom stereocenters. The largest absolute Gasteiger partial charge is 0.306 e. The average Bonchev–Trinajstić information content (AvgIpc) is 2.89. The summed E-state index contributed by atoms with van der Waals surface area (Å²) >= 11 is 1.92. The third kappa shape index (κ3) is 2.75. The van der Waals surface area contributed by atoms with Gasteiger partial charge in [-0.05, 0) is 66.8 Å². The van der Waals surface area contributed by atoms with Crippen LogP contribution in [0.15, 0.2) is 29.6 Å². The Morgan fingerprint density at radius 2 is 2.11 bits per heavy atom. The van der Waals surface area contributed by atoms with Crippen molar-refractivity contribution in [2.75, 3.05) is 0 Å². The average molecular weight is 271 g/mol. The highest BCUT2D eigenvalue weighted by atomic mass is 32.1. The van der Waals surface area contributed by atoms with Crippen LogP contribution in [0.4, 0.5) is 0 Å². The summed E-state index contributed by atoms with van der Waals surface area (Å²) < 4.78 is 0. The second-order valence-electron chi connectivity index (χ2n) is 5.54. The number of nitrogens with one attached hydrogen (secondary N) is 1. The smallest absolute Gasteiger partial charge is 0.0334 e. The molecule has 1 aliphatic rings. The summed E-state index contributed by atoms with van der Waals surface area (Å²) in [4.78, 5) is 1.59. The molecule has 1 unspecified atom stereocenters. The number of hydrogen-bond acceptors (Lipinski definition) is 2. The first kappa shape index (κ1) is 12.9. The van der Waals surface area contributed by atoms with E-state index in [9.17, 15) is 0 Å². The van der Waals surface area contributed by atoms with Crippen LogP contribution < -0.4 is 5.32 Å². The lowest BCUT2D eigenvalue weighted by atomic mass is 9.94. The highest BCUT2D eigenvalue weighted by Gasteiger charge is 2.20. The van der Waals surface area contributed by atoms with Crippen molar-refractivity contribution in [1.29, 1.82) is 0 Å². The highest BCUT2D eigenvalue weighted by Crippen LogP contribution is 2.33. The number of benzene rings is 1. The number of aryl methyl sites for hydroxylation is 3. The van der Waals surface area contributed by atoms with E-state index in [1.54, 1.807) is 10.4 Å². The van der Waals surface area contributed by atoms with E-state index in [0.717, 1.165) is 6.54 Å². The topological polar surface area (TPSA) is 12.0 Å². The molecule has 0 radical (unpaired) electrons. The number of fused-ring (bicyclic) bond motifs is 1.